The first-order valence-corrected chi connectivity index (χ1v) is 4.07. The van der Waals surface area contributed by atoms with Crippen molar-refractivity contribution in [3.8, 4) is 0 Å². The lowest BCUT2D eigenvalue weighted by Crippen LogP contribution is -1.98. The Labute approximate surface area is 82.7 Å². The van der Waals surface area contributed by atoms with Crippen LogP contribution in [-0.4, -0.2) is 9.91 Å². The Morgan fingerprint density at radius 2 is 2.29 bits per heavy atom. The topological polar surface area (TPSA) is 56.0 Å². The van der Waals surface area contributed by atoms with Gasteiger partial charge in [0.05, 0.1) is 5.88 Å². The minimum absolute atomic E-state index is 0.104. The van der Waals surface area contributed by atoms with Gasteiger partial charge in [-0.05, 0) is 9.91 Å². The molecule has 0 fully saturated rings. The van der Waals surface area contributed by atoms with Gasteiger partial charge in [-0.15, -0.1) is 11.6 Å². The Bertz CT molecular complexity index is 360. The Balaban J connectivity index is 3.20. The molecule has 1 aromatic heterocycles. The van der Waals surface area contributed by atoms with E-state index in [0.29, 0.717) is 0 Å². The lowest BCUT2D eigenvalue weighted by atomic mass is 10.1. The van der Waals surface area contributed by atoms with E-state index in [1.807, 2.05) is 0 Å². The summed E-state index contributed by atoms with van der Waals surface area (Å²) in [7, 11) is 0. The second kappa shape index (κ2) is 4.28. The van der Waals surface area contributed by atoms with Crippen LogP contribution < -0.4 is 0 Å². The van der Waals surface area contributed by atoms with E-state index in [1.54, 1.807) is 0 Å². The van der Waals surface area contributed by atoms with E-state index in [1.165, 1.54) is 0 Å². The highest BCUT2D eigenvalue weighted by molar-refractivity contribution is 6.17. The summed E-state index contributed by atoms with van der Waals surface area (Å²) in [6, 6.07) is 0.738. The van der Waals surface area contributed by atoms with Crippen molar-refractivity contribution in [3.05, 3.63) is 33.5 Å². The molecule has 0 atom stereocenters. The molecular weight excluding hydrogens is 218 g/mol. The maximum Gasteiger partial charge on any atom is 0.363 e. The molecular formula is C7H5ClF2N2O2. The quantitative estimate of drug-likeness (QED) is 0.449. The average Bonchev–Trinajstić information content (AvgIpc) is 2.16. The van der Waals surface area contributed by atoms with E-state index in [9.17, 15) is 18.9 Å². The summed E-state index contributed by atoms with van der Waals surface area (Å²) < 4.78 is 24.7. The Kier molecular flexibility index (Phi) is 3.29. The number of hydrogen-bond acceptors (Lipinski definition) is 3. The molecule has 1 heterocycles. The fourth-order valence-electron chi connectivity index (χ4n) is 0.902. The molecule has 0 spiro atoms. The van der Waals surface area contributed by atoms with Crippen LogP contribution in [0.3, 0.4) is 0 Å². The number of nitrogens with zero attached hydrogens (tertiary/aromatic N) is 2. The van der Waals surface area contributed by atoms with E-state index in [4.69, 9.17) is 11.6 Å². The molecule has 0 radical (unpaired) electrons. The molecule has 14 heavy (non-hydrogen) atoms. The summed E-state index contributed by atoms with van der Waals surface area (Å²) in [6.07, 6.45) is -1.79. The van der Waals surface area contributed by atoms with Crippen LogP contribution in [0.2, 0.25) is 0 Å². The van der Waals surface area contributed by atoms with Crippen LogP contribution in [-0.2, 0) is 5.88 Å². The molecule has 7 heteroatoms. The standard InChI is InChI=1S/C7H5ClF2N2O2/c8-2-4-3-11-6(12(13)14)1-5(4)7(9)10/h1,3,7H,2H2. The first-order valence-electron chi connectivity index (χ1n) is 3.53. The van der Waals surface area contributed by atoms with Crippen LogP contribution in [0, 0.1) is 10.1 Å². The minimum Gasteiger partial charge on any atom is -0.358 e. The van der Waals surface area contributed by atoms with Crippen molar-refractivity contribution in [1.82, 2.24) is 4.98 Å². The van der Waals surface area contributed by atoms with E-state index < -0.39 is 22.7 Å². The zero-order valence-corrected chi connectivity index (χ0v) is 7.54. The lowest BCUT2D eigenvalue weighted by Gasteiger charge is -2.03. The van der Waals surface area contributed by atoms with Gasteiger partial charge in [0.2, 0.25) is 0 Å². The minimum atomic E-state index is -2.79. The summed E-state index contributed by atoms with van der Waals surface area (Å²) in [6.45, 7) is 0. The zero-order chi connectivity index (χ0) is 10.7. The van der Waals surface area contributed by atoms with Gasteiger partial charge in [-0.3, -0.25) is 0 Å². The molecule has 0 aliphatic rings. The molecule has 0 unspecified atom stereocenters. The Morgan fingerprint density at radius 1 is 1.64 bits per heavy atom. The molecule has 1 rings (SSSR count). The fraction of sp³-hybridized carbons (Fsp3) is 0.286. The van der Waals surface area contributed by atoms with Gasteiger partial charge in [0.1, 0.15) is 6.20 Å². The van der Waals surface area contributed by atoms with Crippen molar-refractivity contribution in [2.24, 2.45) is 0 Å². The molecule has 0 aliphatic heterocycles. The van der Waals surface area contributed by atoms with Crippen molar-refractivity contribution in [2.75, 3.05) is 0 Å². The number of alkyl halides is 3. The van der Waals surface area contributed by atoms with Gasteiger partial charge < -0.3 is 10.1 Å². The van der Waals surface area contributed by atoms with Crippen molar-refractivity contribution >= 4 is 17.4 Å². The molecule has 76 valence electrons. The van der Waals surface area contributed by atoms with Crippen molar-refractivity contribution < 1.29 is 13.7 Å². The van der Waals surface area contributed by atoms with E-state index in [-0.39, 0.29) is 11.4 Å². The molecule has 0 amide bonds. The van der Waals surface area contributed by atoms with Crippen molar-refractivity contribution in [3.63, 3.8) is 0 Å². The van der Waals surface area contributed by atoms with Gasteiger partial charge in [0.25, 0.3) is 6.43 Å². The summed E-state index contributed by atoms with van der Waals surface area (Å²) in [4.78, 5) is 12.8. The van der Waals surface area contributed by atoms with Crippen LogP contribution in [0.4, 0.5) is 14.6 Å². The summed E-state index contributed by atoms with van der Waals surface area (Å²) in [5, 5.41) is 10.2. The van der Waals surface area contributed by atoms with Crippen molar-refractivity contribution in [2.45, 2.75) is 12.3 Å². The summed E-state index contributed by atoms with van der Waals surface area (Å²) >= 11 is 5.36. The number of pyridine rings is 1. The molecule has 0 aromatic carbocycles. The van der Waals surface area contributed by atoms with E-state index in [2.05, 4.69) is 4.98 Å². The molecule has 0 saturated heterocycles. The largest absolute Gasteiger partial charge is 0.363 e. The van der Waals surface area contributed by atoms with Crippen LogP contribution in [0.15, 0.2) is 12.3 Å². The highest BCUT2D eigenvalue weighted by Gasteiger charge is 2.18. The van der Waals surface area contributed by atoms with Gasteiger partial charge in [-0.1, -0.05) is 0 Å². The molecule has 0 aliphatic carbocycles. The highest BCUT2D eigenvalue weighted by Crippen LogP contribution is 2.26. The third-order valence-electron chi connectivity index (χ3n) is 1.57. The molecule has 1 aromatic rings. The van der Waals surface area contributed by atoms with Crippen LogP contribution in [0.5, 0.6) is 0 Å². The third kappa shape index (κ3) is 2.14. The first-order chi connectivity index (χ1) is 6.56. The summed E-state index contributed by atoms with van der Waals surface area (Å²) in [5.41, 5.74) is -0.339. The van der Waals surface area contributed by atoms with Gasteiger partial charge >= 0.3 is 5.82 Å². The molecule has 0 saturated carbocycles. The maximum atomic E-state index is 12.3. The monoisotopic (exact) mass is 222 g/mol. The predicted octanol–water partition coefficient (Wildman–Crippen LogP) is 2.67. The SMILES string of the molecule is O=[N+]([O-])c1cc(C(F)F)c(CCl)cn1. The number of hydrogen-bond donors (Lipinski definition) is 0. The number of halogens is 3. The number of rotatable bonds is 3. The van der Waals surface area contributed by atoms with Crippen LogP contribution in [0.25, 0.3) is 0 Å². The molecule has 4 nitrogen and oxygen atoms in total. The van der Waals surface area contributed by atoms with E-state index in [0.717, 1.165) is 12.3 Å². The molecule has 0 bridgehead atoms. The number of nitro groups is 1. The normalized spacial score (nSPS) is 10.6. The van der Waals surface area contributed by atoms with E-state index >= 15 is 0 Å². The maximum absolute atomic E-state index is 12.3. The third-order valence-corrected chi connectivity index (χ3v) is 1.86. The Morgan fingerprint density at radius 3 is 2.71 bits per heavy atom. The fourth-order valence-corrected chi connectivity index (χ4v) is 1.13. The second-order valence-corrected chi connectivity index (χ2v) is 2.70. The van der Waals surface area contributed by atoms with Crippen molar-refractivity contribution in [1.29, 1.82) is 0 Å². The van der Waals surface area contributed by atoms with Gasteiger partial charge in [-0.25, -0.2) is 8.78 Å². The molecule has 0 N–H and O–H groups in total. The van der Waals surface area contributed by atoms with Gasteiger partial charge in [0.15, 0.2) is 0 Å². The first kappa shape index (κ1) is 10.8. The smallest absolute Gasteiger partial charge is 0.358 e. The predicted molar refractivity (Wildman–Crippen MR) is 45.4 cm³/mol. The second-order valence-electron chi connectivity index (χ2n) is 2.43. The zero-order valence-electron chi connectivity index (χ0n) is 6.78. The van der Waals surface area contributed by atoms with Crippen LogP contribution in [0.1, 0.15) is 17.6 Å². The van der Waals surface area contributed by atoms with Gasteiger partial charge in [-0.2, -0.15) is 0 Å². The summed E-state index contributed by atoms with van der Waals surface area (Å²) in [5.74, 6) is -0.751. The van der Waals surface area contributed by atoms with Crippen LogP contribution >= 0.6 is 11.6 Å². The van der Waals surface area contributed by atoms with Gasteiger partial charge in [0, 0.05) is 17.2 Å². The lowest BCUT2D eigenvalue weighted by molar-refractivity contribution is -0.389. The number of aromatic nitrogens is 1. The highest BCUT2D eigenvalue weighted by atomic mass is 35.5. The Hall–Kier alpha value is -1.30. The average molecular weight is 223 g/mol.